The molecule has 40 heavy (non-hydrogen) atoms. The molecule has 2 aromatic heterocycles. The summed E-state index contributed by atoms with van der Waals surface area (Å²) in [5.74, 6) is 0.730. The molecule has 0 spiro atoms. The number of rotatable bonds is 5. The first-order valence-corrected chi connectivity index (χ1v) is 15.3. The third kappa shape index (κ3) is 4.65. The molecule has 1 aliphatic heterocycles. The number of benzene rings is 3. The summed E-state index contributed by atoms with van der Waals surface area (Å²) >= 11 is 15.3. The van der Waals surface area contributed by atoms with Crippen molar-refractivity contribution in [3.63, 3.8) is 0 Å². The van der Waals surface area contributed by atoms with E-state index in [1.807, 2.05) is 41.0 Å². The SMILES string of the molecule is O=c1/c(=C/c2ccc(OCc3ccc(Cl)c(Cl)c3)cc2)sc2n1[C@@H](c1cccs1)C1=C(N=2)c2ccccc2CC1. The Morgan fingerprint density at radius 3 is 2.62 bits per heavy atom. The van der Waals surface area contributed by atoms with Gasteiger partial charge in [0.1, 0.15) is 12.4 Å². The van der Waals surface area contributed by atoms with Gasteiger partial charge in [0.2, 0.25) is 0 Å². The van der Waals surface area contributed by atoms with Crippen molar-refractivity contribution in [3.05, 3.63) is 147 Å². The molecule has 8 heteroatoms. The molecule has 0 bridgehead atoms. The number of thiophene rings is 1. The topological polar surface area (TPSA) is 43.6 Å². The van der Waals surface area contributed by atoms with E-state index in [1.165, 1.54) is 28.0 Å². The Kier molecular flexibility index (Phi) is 6.72. The van der Waals surface area contributed by atoms with Gasteiger partial charge < -0.3 is 4.74 Å². The number of aryl methyl sites for hydroxylation is 1. The standard InChI is InChI=1S/C32H22Cl2N2O2S2/c33-25-14-9-20(16-26(25)34)18-38-22-11-7-19(8-12-22)17-28-31(37)36-30(27-6-3-15-39-27)24-13-10-21-4-1-2-5-23(21)29(24)35-32(36)40-28/h1-9,11-12,14-17,30H,10,13,18H2/b28-17-/t30-/m1/s1. The van der Waals surface area contributed by atoms with Gasteiger partial charge in [-0.1, -0.05) is 83.1 Å². The molecule has 0 N–H and O–H groups in total. The molecule has 2 aliphatic rings. The van der Waals surface area contributed by atoms with E-state index < -0.39 is 0 Å². The van der Waals surface area contributed by atoms with Gasteiger partial charge in [0.15, 0.2) is 4.80 Å². The van der Waals surface area contributed by atoms with E-state index in [9.17, 15) is 4.79 Å². The molecule has 0 amide bonds. The van der Waals surface area contributed by atoms with Crippen LogP contribution in [0.2, 0.25) is 10.0 Å². The van der Waals surface area contributed by atoms with Crippen LogP contribution in [0.5, 0.6) is 5.75 Å². The zero-order valence-electron chi connectivity index (χ0n) is 21.1. The van der Waals surface area contributed by atoms with Crippen molar-refractivity contribution in [2.75, 3.05) is 0 Å². The maximum Gasteiger partial charge on any atom is 0.271 e. The molecule has 1 aliphatic carbocycles. The Morgan fingerprint density at radius 2 is 1.82 bits per heavy atom. The van der Waals surface area contributed by atoms with Gasteiger partial charge in [-0.25, -0.2) is 4.99 Å². The molecule has 3 heterocycles. The predicted molar refractivity (Wildman–Crippen MR) is 164 cm³/mol. The minimum atomic E-state index is -0.126. The summed E-state index contributed by atoms with van der Waals surface area (Å²) in [6.45, 7) is 0.380. The maximum atomic E-state index is 13.8. The van der Waals surface area contributed by atoms with Crippen LogP contribution in [-0.4, -0.2) is 4.57 Å². The van der Waals surface area contributed by atoms with Gasteiger partial charge in [-0.2, -0.15) is 0 Å². The summed E-state index contributed by atoms with van der Waals surface area (Å²) in [7, 11) is 0. The quantitative estimate of drug-likeness (QED) is 0.213. The lowest BCUT2D eigenvalue weighted by atomic mass is 9.85. The highest BCUT2D eigenvalue weighted by atomic mass is 35.5. The fourth-order valence-corrected chi connectivity index (χ4v) is 7.50. The van der Waals surface area contributed by atoms with Crippen LogP contribution in [-0.2, 0) is 13.0 Å². The van der Waals surface area contributed by atoms with Crippen LogP contribution in [0.1, 0.15) is 39.6 Å². The number of ether oxygens (including phenoxy) is 1. The van der Waals surface area contributed by atoms with E-state index in [0.29, 0.717) is 21.2 Å². The number of thiazole rings is 1. The summed E-state index contributed by atoms with van der Waals surface area (Å²) in [6, 6.07) is 25.7. The zero-order valence-corrected chi connectivity index (χ0v) is 24.3. The van der Waals surface area contributed by atoms with Gasteiger partial charge in [0.05, 0.1) is 26.3 Å². The van der Waals surface area contributed by atoms with Gasteiger partial charge in [-0.05, 0) is 76.9 Å². The largest absolute Gasteiger partial charge is 0.489 e. The first kappa shape index (κ1) is 25.5. The average molecular weight is 602 g/mol. The van der Waals surface area contributed by atoms with E-state index in [-0.39, 0.29) is 11.6 Å². The van der Waals surface area contributed by atoms with E-state index in [1.54, 1.807) is 23.5 Å². The van der Waals surface area contributed by atoms with E-state index in [0.717, 1.165) is 45.1 Å². The smallest absolute Gasteiger partial charge is 0.271 e. The van der Waals surface area contributed by atoms with Gasteiger partial charge in [0.25, 0.3) is 5.56 Å². The lowest BCUT2D eigenvalue weighted by Crippen LogP contribution is -2.38. The fourth-order valence-electron chi connectivity index (χ4n) is 5.33. The zero-order chi connectivity index (χ0) is 27.2. The molecule has 0 fully saturated rings. The predicted octanol–water partition coefficient (Wildman–Crippen LogP) is 7.27. The van der Waals surface area contributed by atoms with E-state index >= 15 is 0 Å². The number of fused-ring (bicyclic) bond motifs is 3. The van der Waals surface area contributed by atoms with Gasteiger partial charge in [-0.15, -0.1) is 11.3 Å². The normalized spacial score (nSPS) is 16.2. The Bertz CT molecular complexity index is 1960. The Hall–Kier alpha value is -3.42. The van der Waals surface area contributed by atoms with Crippen LogP contribution in [0.25, 0.3) is 11.8 Å². The number of halogens is 2. The van der Waals surface area contributed by atoms with Gasteiger partial charge in [0, 0.05) is 10.4 Å². The van der Waals surface area contributed by atoms with Crippen LogP contribution in [0.3, 0.4) is 0 Å². The van der Waals surface area contributed by atoms with Crippen molar-refractivity contribution >= 4 is 57.6 Å². The number of nitrogens with zero attached hydrogens (tertiary/aromatic N) is 2. The molecular weight excluding hydrogens is 579 g/mol. The molecule has 4 nitrogen and oxygen atoms in total. The van der Waals surface area contributed by atoms with Gasteiger partial charge in [-0.3, -0.25) is 9.36 Å². The van der Waals surface area contributed by atoms with Gasteiger partial charge >= 0.3 is 0 Å². The molecule has 0 radical (unpaired) electrons. The van der Waals surface area contributed by atoms with E-state index in [4.69, 9.17) is 32.9 Å². The average Bonchev–Trinajstić information content (AvgIpc) is 3.62. The van der Waals surface area contributed by atoms with Crippen LogP contribution in [0.4, 0.5) is 0 Å². The highest BCUT2D eigenvalue weighted by Gasteiger charge is 2.32. The third-order valence-corrected chi connectivity index (χ3v) is 9.90. The van der Waals surface area contributed by atoms with Crippen LogP contribution < -0.4 is 19.6 Å². The van der Waals surface area contributed by atoms with Crippen molar-refractivity contribution in [2.24, 2.45) is 4.99 Å². The molecule has 3 aromatic carbocycles. The third-order valence-electron chi connectivity index (χ3n) is 7.25. The maximum absolute atomic E-state index is 13.8. The van der Waals surface area contributed by atoms with Crippen molar-refractivity contribution in [2.45, 2.75) is 25.5 Å². The minimum absolute atomic E-state index is 0.00694. The Balaban J connectivity index is 1.23. The molecule has 198 valence electrons. The highest BCUT2D eigenvalue weighted by molar-refractivity contribution is 7.10. The van der Waals surface area contributed by atoms with Crippen molar-refractivity contribution < 1.29 is 4.74 Å². The fraction of sp³-hybridized carbons (Fsp3) is 0.125. The second-order valence-corrected chi connectivity index (χ2v) is 12.5. The molecular formula is C32H22Cl2N2O2S2. The summed E-state index contributed by atoms with van der Waals surface area (Å²) in [4.78, 5) is 20.8. The number of allylic oxidation sites excluding steroid dienone is 1. The van der Waals surface area contributed by atoms with Crippen LogP contribution in [0.15, 0.2) is 99.6 Å². The van der Waals surface area contributed by atoms with Crippen molar-refractivity contribution in [3.8, 4) is 5.75 Å². The lowest BCUT2D eigenvalue weighted by Gasteiger charge is -2.30. The van der Waals surface area contributed by atoms with Crippen molar-refractivity contribution in [1.29, 1.82) is 0 Å². The first-order chi connectivity index (χ1) is 19.5. The van der Waals surface area contributed by atoms with Crippen LogP contribution >= 0.6 is 45.9 Å². The Labute approximate surface area is 248 Å². The number of hydrogen-bond acceptors (Lipinski definition) is 5. The van der Waals surface area contributed by atoms with E-state index in [2.05, 4.69) is 41.8 Å². The molecule has 7 rings (SSSR count). The summed E-state index contributed by atoms with van der Waals surface area (Å²) < 4.78 is 8.48. The summed E-state index contributed by atoms with van der Waals surface area (Å²) in [5.41, 5.74) is 6.60. The second kappa shape index (κ2) is 10.5. The first-order valence-electron chi connectivity index (χ1n) is 12.9. The highest BCUT2D eigenvalue weighted by Crippen LogP contribution is 2.42. The number of hydrogen-bond donors (Lipinski definition) is 0. The van der Waals surface area contributed by atoms with Crippen LogP contribution in [0, 0.1) is 0 Å². The Morgan fingerprint density at radius 1 is 0.975 bits per heavy atom. The molecule has 0 saturated heterocycles. The second-order valence-electron chi connectivity index (χ2n) is 9.74. The minimum Gasteiger partial charge on any atom is -0.489 e. The molecule has 0 unspecified atom stereocenters. The molecule has 5 aromatic rings. The summed E-state index contributed by atoms with van der Waals surface area (Å²) in [6.07, 6.45) is 3.79. The molecule has 1 atom stereocenters. The monoisotopic (exact) mass is 600 g/mol. The number of aromatic nitrogens is 1. The van der Waals surface area contributed by atoms with Crippen molar-refractivity contribution in [1.82, 2.24) is 4.57 Å². The summed E-state index contributed by atoms with van der Waals surface area (Å²) in [5, 5.41) is 3.10. The molecule has 0 saturated carbocycles. The lowest BCUT2D eigenvalue weighted by molar-refractivity contribution is 0.306.